The Morgan fingerprint density at radius 3 is 2.38 bits per heavy atom. The third-order valence-electron chi connectivity index (χ3n) is 2.50. The van der Waals surface area contributed by atoms with Crippen molar-refractivity contribution in [1.82, 2.24) is 0 Å². The van der Waals surface area contributed by atoms with Crippen LogP contribution in [-0.4, -0.2) is 6.29 Å². The van der Waals surface area contributed by atoms with Crippen LogP contribution in [0, 0.1) is 0 Å². The zero-order chi connectivity index (χ0) is 11.4. The molecule has 0 aliphatic rings. The van der Waals surface area contributed by atoms with Crippen LogP contribution in [0.5, 0.6) is 0 Å². The van der Waals surface area contributed by atoms with Crippen molar-refractivity contribution >= 4 is 6.29 Å². The first kappa shape index (κ1) is 10.6. The third-order valence-corrected chi connectivity index (χ3v) is 2.50. The van der Waals surface area contributed by atoms with Crippen molar-refractivity contribution in [3.05, 3.63) is 59.7 Å². The van der Waals surface area contributed by atoms with Crippen molar-refractivity contribution in [1.29, 1.82) is 0 Å². The summed E-state index contributed by atoms with van der Waals surface area (Å²) in [4.78, 5) is 10.4. The minimum absolute atomic E-state index is 0.536. The van der Waals surface area contributed by atoms with Gasteiger partial charge in [-0.2, -0.15) is 0 Å². The smallest absolute Gasteiger partial charge is 0.233 e. The van der Waals surface area contributed by atoms with Gasteiger partial charge in [0.2, 0.25) is 6.29 Å². The van der Waals surface area contributed by atoms with Crippen LogP contribution in [0.4, 0.5) is 0 Å². The third kappa shape index (κ3) is 2.18. The molecule has 0 saturated heterocycles. The zero-order valence-electron chi connectivity index (χ0n) is 8.81. The van der Waals surface area contributed by atoms with Gasteiger partial charge in [0.1, 0.15) is 0 Å². The predicted octanol–water partition coefficient (Wildman–Crippen LogP) is 2.27. The predicted molar refractivity (Wildman–Crippen MR) is 64.6 cm³/mol. The van der Waals surface area contributed by atoms with Crippen molar-refractivity contribution in [2.24, 2.45) is 5.73 Å². The molecule has 0 fully saturated rings. The summed E-state index contributed by atoms with van der Waals surface area (Å²) in [6, 6.07) is 15.4. The summed E-state index contributed by atoms with van der Waals surface area (Å²) in [5.74, 6) is 0. The van der Waals surface area contributed by atoms with Crippen LogP contribution in [0.15, 0.2) is 48.5 Å². The molecule has 1 radical (unpaired) electrons. The van der Waals surface area contributed by atoms with Crippen molar-refractivity contribution in [3.8, 4) is 11.1 Å². The molecule has 0 bridgehead atoms. The Hall–Kier alpha value is -1.93. The highest BCUT2D eigenvalue weighted by Gasteiger charge is 1.99. The van der Waals surface area contributed by atoms with E-state index in [4.69, 9.17) is 5.73 Å². The van der Waals surface area contributed by atoms with Gasteiger partial charge in [0.05, 0.1) is 0 Å². The van der Waals surface area contributed by atoms with Gasteiger partial charge in [0.15, 0.2) is 0 Å². The van der Waals surface area contributed by atoms with Crippen LogP contribution in [0.2, 0.25) is 0 Å². The van der Waals surface area contributed by atoms with Crippen molar-refractivity contribution in [3.63, 3.8) is 0 Å². The van der Waals surface area contributed by atoms with Crippen LogP contribution in [0.25, 0.3) is 11.1 Å². The van der Waals surface area contributed by atoms with Gasteiger partial charge in [-0.3, -0.25) is 4.79 Å². The second-order valence-corrected chi connectivity index (χ2v) is 3.58. The summed E-state index contributed by atoms with van der Waals surface area (Å²) < 4.78 is 0. The second kappa shape index (κ2) is 4.73. The van der Waals surface area contributed by atoms with Crippen LogP contribution < -0.4 is 5.73 Å². The van der Waals surface area contributed by atoms with Gasteiger partial charge in [-0.1, -0.05) is 42.5 Å². The van der Waals surface area contributed by atoms with E-state index in [-0.39, 0.29) is 0 Å². The zero-order valence-corrected chi connectivity index (χ0v) is 8.81. The molecule has 16 heavy (non-hydrogen) atoms. The quantitative estimate of drug-likeness (QED) is 0.844. The van der Waals surface area contributed by atoms with Gasteiger partial charge in [-0.15, -0.1) is 0 Å². The molecule has 0 heterocycles. The Balaban J connectivity index is 2.38. The van der Waals surface area contributed by atoms with E-state index < -0.39 is 0 Å². The van der Waals surface area contributed by atoms with Crippen molar-refractivity contribution in [2.45, 2.75) is 6.54 Å². The lowest BCUT2D eigenvalue weighted by Gasteiger charge is -2.04. The minimum atomic E-state index is 0.536. The monoisotopic (exact) mass is 210 g/mol. The highest BCUT2D eigenvalue weighted by atomic mass is 16.1. The second-order valence-electron chi connectivity index (χ2n) is 3.58. The number of nitrogens with two attached hydrogens (primary N) is 1. The van der Waals surface area contributed by atoms with Gasteiger partial charge >= 0.3 is 0 Å². The normalized spacial score (nSPS) is 10.1. The van der Waals surface area contributed by atoms with Crippen LogP contribution >= 0.6 is 0 Å². The topological polar surface area (TPSA) is 43.1 Å². The highest BCUT2D eigenvalue weighted by Crippen LogP contribution is 2.20. The van der Waals surface area contributed by atoms with E-state index in [9.17, 15) is 4.79 Å². The molecule has 2 rings (SSSR count). The van der Waals surface area contributed by atoms with Gasteiger partial charge in [-0.05, 0) is 22.8 Å². The maximum atomic E-state index is 10.4. The van der Waals surface area contributed by atoms with E-state index in [1.54, 1.807) is 12.1 Å². The number of benzene rings is 2. The van der Waals surface area contributed by atoms with E-state index in [2.05, 4.69) is 6.07 Å². The van der Waals surface area contributed by atoms with Gasteiger partial charge in [0.25, 0.3) is 0 Å². The number of hydrogen-bond acceptors (Lipinski definition) is 2. The first-order chi connectivity index (χ1) is 7.83. The molecule has 0 spiro atoms. The summed E-state index contributed by atoms with van der Waals surface area (Å²) in [5.41, 5.74) is 9.45. The number of carbonyl (C=O) groups excluding carboxylic acids is 1. The molecule has 0 aliphatic carbocycles. The fourth-order valence-electron chi connectivity index (χ4n) is 1.61. The molecule has 2 aromatic carbocycles. The molecular formula is C14H12NO. The maximum absolute atomic E-state index is 10.4. The Labute approximate surface area is 94.7 Å². The first-order valence-electron chi connectivity index (χ1n) is 5.11. The number of hydrogen-bond donors (Lipinski definition) is 1. The molecule has 2 heteroatoms. The van der Waals surface area contributed by atoms with Crippen molar-refractivity contribution in [2.75, 3.05) is 0 Å². The van der Waals surface area contributed by atoms with E-state index in [0.717, 1.165) is 16.7 Å². The molecule has 79 valence electrons. The lowest BCUT2D eigenvalue weighted by Crippen LogP contribution is -1.95. The lowest BCUT2D eigenvalue weighted by atomic mass is 10.0. The Kier molecular flexibility index (Phi) is 3.13. The molecule has 2 aromatic rings. The average molecular weight is 210 g/mol. The summed E-state index contributed by atoms with van der Waals surface area (Å²) in [7, 11) is 0. The largest absolute Gasteiger partial charge is 0.326 e. The highest BCUT2D eigenvalue weighted by molar-refractivity contribution is 5.77. The molecule has 0 unspecified atom stereocenters. The molecule has 0 aliphatic heterocycles. The summed E-state index contributed by atoms with van der Waals surface area (Å²) in [6.45, 7) is 0.536. The fourth-order valence-corrected chi connectivity index (χ4v) is 1.61. The van der Waals surface area contributed by atoms with Gasteiger partial charge < -0.3 is 5.73 Å². The summed E-state index contributed by atoms with van der Waals surface area (Å²) >= 11 is 0. The molecule has 0 amide bonds. The molecule has 0 atom stereocenters. The van der Waals surface area contributed by atoms with Crippen LogP contribution in [0.3, 0.4) is 0 Å². The minimum Gasteiger partial charge on any atom is -0.326 e. The van der Waals surface area contributed by atoms with E-state index in [1.165, 1.54) is 0 Å². The fraction of sp³-hybridized carbons (Fsp3) is 0.0714. The first-order valence-corrected chi connectivity index (χ1v) is 5.11. The van der Waals surface area contributed by atoms with E-state index in [1.807, 2.05) is 36.6 Å². The van der Waals surface area contributed by atoms with E-state index >= 15 is 0 Å². The standard InChI is InChI=1S/C14H12NO/c15-9-12-2-1-3-14(8-12)13-6-4-11(10-16)5-7-13/h1-8H,9,15H2. The van der Waals surface area contributed by atoms with Crippen LogP contribution in [0.1, 0.15) is 11.1 Å². The Morgan fingerprint density at radius 2 is 1.75 bits per heavy atom. The molecule has 0 aromatic heterocycles. The van der Waals surface area contributed by atoms with E-state index in [0.29, 0.717) is 12.1 Å². The summed E-state index contributed by atoms with van der Waals surface area (Å²) in [5, 5.41) is 0. The molecule has 2 N–H and O–H groups in total. The maximum Gasteiger partial charge on any atom is 0.233 e. The Morgan fingerprint density at radius 1 is 1.00 bits per heavy atom. The SMILES string of the molecule is NCc1cccc(-c2ccc([C]=O)cc2)c1. The lowest BCUT2D eigenvalue weighted by molar-refractivity contribution is 0.563. The Bertz CT molecular complexity index is 488. The molecule has 2 nitrogen and oxygen atoms in total. The molecule has 0 saturated carbocycles. The van der Waals surface area contributed by atoms with Gasteiger partial charge in [-0.25, -0.2) is 0 Å². The van der Waals surface area contributed by atoms with Gasteiger partial charge in [0, 0.05) is 12.1 Å². The van der Waals surface area contributed by atoms with Crippen molar-refractivity contribution < 1.29 is 4.79 Å². The number of rotatable bonds is 3. The molecular weight excluding hydrogens is 198 g/mol. The summed E-state index contributed by atoms with van der Waals surface area (Å²) in [6.07, 6.45) is 1.86. The average Bonchev–Trinajstić information content (AvgIpc) is 2.39. The van der Waals surface area contributed by atoms with Crippen LogP contribution in [-0.2, 0) is 11.3 Å².